The highest BCUT2D eigenvalue weighted by molar-refractivity contribution is 5.54. The average Bonchev–Trinajstić information content (AvgIpc) is 2.85. The maximum atomic E-state index is 4.26. The van der Waals surface area contributed by atoms with E-state index in [1.54, 1.807) is 0 Å². The molecule has 1 aromatic rings. The van der Waals surface area contributed by atoms with Gasteiger partial charge in [-0.3, -0.25) is 4.99 Å². The van der Waals surface area contributed by atoms with Gasteiger partial charge >= 0.3 is 0 Å². The van der Waals surface area contributed by atoms with Crippen molar-refractivity contribution >= 4 is 12.2 Å². The van der Waals surface area contributed by atoms with Crippen LogP contribution in [-0.4, -0.2) is 11.9 Å². The van der Waals surface area contributed by atoms with Crippen molar-refractivity contribution in [1.29, 1.82) is 0 Å². The second-order valence-electron chi connectivity index (χ2n) is 4.39. The van der Waals surface area contributed by atoms with E-state index in [-0.39, 0.29) is 0 Å². The third-order valence-electron chi connectivity index (χ3n) is 2.99. The molecule has 2 heteroatoms. The first-order valence-electron chi connectivity index (χ1n) is 5.96. The Bertz CT molecular complexity index is 687. The van der Waals surface area contributed by atoms with Crippen LogP contribution in [0.5, 0.6) is 0 Å². The second-order valence-corrected chi connectivity index (χ2v) is 4.39. The summed E-state index contributed by atoms with van der Waals surface area (Å²) in [5.74, 6) is 0. The fraction of sp³-hybridized carbons (Fsp3) is 0.0625. The van der Waals surface area contributed by atoms with Gasteiger partial charge in [0.25, 0.3) is 0 Å². The first-order chi connectivity index (χ1) is 8.81. The Morgan fingerprint density at radius 2 is 1.89 bits per heavy atom. The van der Waals surface area contributed by atoms with Crippen LogP contribution in [0.25, 0.3) is 12.2 Å². The molecule has 0 spiro atoms. The maximum Gasteiger partial charge on any atom is 0.0702 e. The van der Waals surface area contributed by atoms with Gasteiger partial charge in [0.2, 0.25) is 0 Å². The Morgan fingerprint density at radius 3 is 2.72 bits per heavy atom. The van der Waals surface area contributed by atoms with Crippen LogP contribution < -0.4 is 10.6 Å². The van der Waals surface area contributed by atoms with E-state index >= 15 is 0 Å². The third-order valence-corrected chi connectivity index (χ3v) is 2.99. The lowest BCUT2D eigenvalue weighted by atomic mass is 10.1. The van der Waals surface area contributed by atoms with Gasteiger partial charge in [-0.2, -0.15) is 0 Å². The van der Waals surface area contributed by atoms with Gasteiger partial charge in [-0.05, 0) is 41.2 Å². The van der Waals surface area contributed by atoms with Gasteiger partial charge < -0.3 is 4.90 Å². The van der Waals surface area contributed by atoms with Gasteiger partial charge in [-0.15, -0.1) is 0 Å². The minimum Gasteiger partial charge on any atom is -0.357 e. The third kappa shape index (κ3) is 2.18. The highest BCUT2D eigenvalue weighted by Gasteiger charge is 1.96. The molecular formula is C16H14N2. The van der Waals surface area contributed by atoms with E-state index in [4.69, 9.17) is 0 Å². The van der Waals surface area contributed by atoms with E-state index in [0.29, 0.717) is 0 Å². The molecule has 0 atom stereocenters. The van der Waals surface area contributed by atoms with Crippen molar-refractivity contribution in [3.8, 4) is 0 Å². The van der Waals surface area contributed by atoms with E-state index in [1.807, 2.05) is 36.6 Å². The molecule has 1 aromatic carbocycles. The molecule has 0 fully saturated rings. The van der Waals surface area contributed by atoms with Crippen molar-refractivity contribution in [3.05, 3.63) is 76.7 Å². The predicted octanol–water partition coefficient (Wildman–Crippen LogP) is 1.97. The number of nitrogens with zero attached hydrogens (tertiary/aromatic N) is 2. The van der Waals surface area contributed by atoms with Crippen LogP contribution in [0.4, 0.5) is 0 Å². The summed E-state index contributed by atoms with van der Waals surface area (Å²) in [5, 5.41) is 2.25. The van der Waals surface area contributed by atoms with Gasteiger partial charge in [-0.25, -0.2) is 0 Å². The van der Waals surface area contributed by atoms with Gasteiger partial charge in [0.1, 0.15) is 0 Å². The summed E-state index contributed by atoms with van der Waals surface area (Å²) in [6.45, 7) is 0. The molecule has 0 amide bonds. The molecule has 0 unspecified atom stereocenters. The fourth-order valence-electron chi connectivity index (χ4n) is 1.94. The van der Waals surface area contributed by atoms with Crippen LogP contribution in [-0.2, 0) is 0 Å². The Kier molecular flexibility index (Phi) is 2.69. The largest absolute Gasteiger partial charge is 0.357 e. The summed E-state index contributed by atoms with van der Waals surface area (Å²) in [7, 11) is 2.02. The molecule has 2 nitrogen and oxygen atoms in total. The fourth-order valence-corrected chi connectivity index (χ4v) is 1.94. The number of rotatable bonds is 1. The average molecular weight is 234 g/mol. The minimum absolute atomic E-state index is 1.05. The highest BCUT2D eigenvalue weighted by Crippen LogP contribution is 2.07. The van der Waals surface area contributed by atoms with Crippen LogP contribution in [0, 0.1) is 0 Å². The molecule has 2 heterocycles. The maximum absolute atomic E-state index is 4.26. The minimum atomic E-state index is 1.05. The quantitative estimate of drug-likeness (QED) is 0.725. The lowest BCUT2D eigenvalue weighted by molar-refractivity contribution is 0.620. The molecule has 3 rings (SSSR count). The summed E-state index contributed by atoms with van der Waals surface area (Å²) < 4.78 is 0. The van der Waals surface area contributed by atoms with E-state index in [1.165, 1.54) is 16.4 Å². The Morgan fingerprint density at radius 1 is 1.06 bits per heavy atom. The first kappa shape index (κ1) is 10.8. The van der Waals surface area contributed by atoms with Gasteiger partial charge in [0, 0.05) is 31.2 Å². The zero-order chi connectivity index (χ0) is 12.4. The molecule has 2 aliphatic rings. The summed E-state index contributed by atoms with van der Waals surface area (Å²) >= 11 is 0. The van der Waals surface area contributed by atoms with Crippen LogP contribution >= 0.6 is 0 Å². The normalized spacial score (nSPS) is 17.1. The predicted molar refractivity (Wildman–Crippen MR) is 74.8 cm³/mol. The molecule has 0 bridgehead atoms. The molecule has 88 valence electrons. The van der Waals surface area contributed by atoms with Crippen molar-refractivity contribution < 1.29 is 0 Å². The van der Waals surface area contributed by atoms with E-state index in [9.17, 15) is 0 Å². The molecule has 0 N–H and O–H groups in total. The van der Waals surface area contributed by atoms with Crippen molar-refractivity contribution in [2.75, 3.05) is 7.05 Å². The number of hydrogen-bond acceptors (Lipinski definition) is 2. The molecule has 0 radical (unpaired) electrons. The SMILES string of the molecule is CN1C=CC(=C/C=c2\ccc3c(c2)C=CN=3)C=C1. The number of benzene rings is 1. The van der Waals surface area contributed by atoms with Gasteiger partial charge in [0.15, 0.2) is 0 Å². The van der Waals surface area contributed by atoms with Crippen LogP contribution in [0.1, 0.15) is 5.56 Å². The van der Waals surface area contributed by atoms with Crippen molar-refractivity contribution in [1.82, 2.24) is 4.90 Å². The number of fused-ring (bicyclic) bond motifs is 1. The lowest BCUT2D eigenvalue weighted by Gasteiger charge is -2.11. The Labute approximate surface area is 106 Å². The zero-order valence-corrected chi connectivity index (χ0v) is 10.2. The number of allylic oxidation sites excluding steroid dienone is 4. The van der Waals surface area contributed by atoms with Crippen molar-refractivity contribution in [3.63, 3.8) is 0 Å². The van der Waals surface area contributed by atoms with Crippen LogP contribution in [0.2, 0.25) is 0 Å². The summed E-state index contributed by atoms with van der Waals surface area (Å²) in [6.07, 6.45) is 16.4. The van der Waals surface area contributed by atoms with E-state index < -0.39 is 0 Å². The van der Waals surface area contributed by atoms with Gasteiger partial charge in [0.05, 0.1) is 5.36 Å². The standard InChI is InChI=1S/C16H14N2/c1-18-10-7-13(8-11-18)2-3-14-4-5-16-15(12-14)6-9-17-16/h2-12H,1H3/b14-3+. The number of hydrogen-bond donors (Lipinski definition) is 0. The lowest BCUT2D eigenvalue weighted by Crippen LogP contribution is -2.09. The highest BCUT2D eigenvalue weighted by atomic mass is 15.0. The summed E-state index contributed by atoms with van der Waals surface area (Å²) in [6, 6.07) is 6.30. The van der Waals surface area contributed by atoms with E-state index in [0.717, 1.165) is 5.36 Å². The second kappa shape index (κ2) is 4.49. The summed E-state index contributed by atoms with van der Waals surface area (Å²) in [4.78, 5) is 6.29. The van der Waals surface area contributed by atoms with E-state index in [2.05, 4.69) is 47.5 Å². The van der Waals surface area contributed by atoms with Crippen molar-refractivity contribution in [2.45, 2.75) is 0 Å². The van der Waals surface area contributed by atoms with Crippen LogP contribution in [0.15, 0.2) is 65.6 Å². The van der Waals surface area contributed by atoms with Crippen LogP contribution in [0.3, 0.4) is 0 Å². The Hall–Kier alpha value is -2.35. The van der Waals surface area contributed by atoms with Crippen molar-refractivity contribution in [2.24, 2.45) is 4.99 Å². The summed E-state index contributed by atoms with van der Waals surface area (Å²) in [5.41, 5.74) is 2.39. The monoisotopic (exact) mass is 234 g/mol. The molecular weight excluding hydrogens is 220 g/mol. The topological polar surface area (TPSA) is 15.6 Å². The molecule has 0 aliphatic carbocycles. The smallest absolute Gasteiger partial charge is 0.0702 e. The molecule has 0 aromatic heterocycles. The molecule has 0 saturated carbocycles. The Balaban J connectivity index is 1.92. The zero-order valence-electron chi connectivity index (χ0n) is 10.2. The molecule has 0 saturated heterocycles. The first-order valence-corrected chi connectivity index (χ1v) is 5.96. The molecule has 2 aliphatic heterocycles. The molecule has 18 heavy (non-hydrogen) atoms. The van der Waals surface area contributed by atoms with Gasteiger partial charge in [-0.1, -0.05) is 18.2 Å².